The number of carboxylic acid groups (broad SMARTS) is 1. The number of carbonyl (C=O) groups is 2. The standard InChI is InChI=1S/C14H21N3O4/c1-3-5-14(13(19)20)6-4-7-17(14)9-11(18)15-12-8-10(2)16-21-12/h8H,3-7,9H2,1-2H3,(H,15,18)(H,19,20). The molecule has 1 aromatic heterocycles. The van der Waals surface area contributed by atoms with Gasteiger partial charge in [-0.25, -0.2) is 0 Å². The van der Waals surface area contributed by atoms with Crippen molar-refractivity contribution in [3.8, 4) is 0 Å². The number of nitrogens with one attached hydrogen (secondary N) is 1. The summed E-state index contributed by atoms with van der Waals surface area (Å²) in [5, 5.41) is 15.9. The zero-order valence-corrected chi connectivity index (χ0v) is 12.4. The molecule has 0 aliphatic carbocycles. The second-order valence-electron chi connectivity index (χ2n) is 5.49. The molecule has 1 aromatic rings. The van der Waals surface area contributed by atoms with Gasteiger partial charge in [-0.2, -0.15) is 0 Å². The average molecular weight is 295 g/mol. The van der Waals surface area contributed by atoms with Crippen molar-refractivity contribution in [1.29, 1.82) is 0 Å². The van der Waals surface area contributed by atoms with Crippen LogP contribution in [0, 0.1) is 6.92 Å². The lowest BCUT2D eigenvalue weighted by Gasteiger charge is -2.34. The summed E-state index contributed by atoms with van der Waals surface area (Å²) in [4.78, 5) is 25.5. The fourth-order valence-electron chi connectivity index (χ4n) is 2.98. The minimum Gasteiger partial charge on any atom is -0.480 e. The molecule has 0 radical (unpaired) electrons. The van der Waals surface area contributed by atoms with E-state index in [1.807, 2.05) is 6.92 Å². The first-order chi connectivity index (χ1) is 9.98. The Morgan fingerprint density at radius 2 is 2.33 bits per heavy atom. The van der Waals surface area contributed by atoms with Gasteiger partial charge in [0.1, 0.15) is 5.54 Å². The molecule has 0 saturated carbocycles. The van der Waals surface area contributed by atoms with Crippen LogP contribution in [-0.4, -0.2) is 45.7 Å². The van der Waals surface area contributed by atoms with E-state index in [0.29, 0.717) is 25.1 Å². The molecule has 1 aliphatic rings. The van der Waals surface area contributed by atoms with Crippen molar-refractivity contribution in [2.24, 2.45) is 0 Å². The number of anilines is 1. The highest BCUT2D eigenvalue weighted by Crippen LogP contribution is 2.33. The zero-order chi connectivity index (χ0) is 15.5. The maximum absolute atomic E-state index is 12.1. The average Bonchev–Trinajstić information content (AvgIpc) is 2.98. The second kappa shape index (κ2) is 6.26. The van der Waals surface area contributed by atoms with E-state index in [-0.39, 0.29) is 18.3 Å². The van der Waals surface area contributed by atoms with E-state index in [2.05, 4.69) is 10.5 Å². The maximum Gasteiger partial charge on any atom is 0.324 e. The molecule has 7 nitrogen and oxygen atoms in total. The summed E-state index contributed by atoms with van der Waals surface area (Å²) in [5.41, 5.74) is -0.235. The number of amides is 1. The Balaban J connectivity index is 2.03. The van der Waals surface area contributed by atoms with Crippen LogP contribution in [0.3, 0.4) is 0 Å². The summed E-state index contributed by atoms with van der Waals surface area (Å²) in [6.45, 7) is 4.39. The van der Waals surface area contributed by atoms with E-state index in [4.69, 9.17) is 4.52 Å². The van der Waals surface area contributed by atoms with E-state index >= 15 is 0 Å². The lowest BCUT2D eigenvalue weighted by Crippen LogP contribution is -2.52. The van der Waals surface area contributed by atoms with Crippen LogP contribution in [0.5, 0.6) is 0 Å². The van der Waals surface area contributed by atoms with E-state index in [1.165, 1.54) is 0 Å². The van der Waals surface area contributed by atoms with Gasteiger partial charge in [0.25, 0.3) is 0 Å². The van der Waals surface area contributed by atoms with Gasteiger partial charge in [0.2, 0.25) is 11.8 Å². The van der Waals surface area contributed by atoms with Gasteiger partial charge in [-0.15, -0.1) is 0 Å². The highest BCUT2D eigenvalue weighted by molar-refractivity contribution is 5.91. The fourth-order valence-corrected chi connectivity index (χ4v) is 2.98. The SMILES string of the molecule is CCCC1(C(=O)O)CCCN1CC(=O)Nc1cc(C)no1. The lowest BCUT2D eigenvalue weighted by atomic mass is 9.90. The molecule has 1 saturated heterocycles. The minimum atomic E-state index is -0.913. The molecule has 0 spiro atoms. The van der Waals surface area contributed by atoms with E-state index in [0.717, 1.165) is 12.8 Å². The van der Waals surface area contributed by atoms with Crippen LogP contribution >= 0.6 is 0 Å². The van der Waals surface area contributed by atoms with Crippen molar-refractivity contribution >= 4 is 17.8 Å². The minimum absolute atomic E-state index is 0.0477. The number of nitrogens with zero attached hydrogens (tertiary/aromatic N) is 2. The van der Waals surface area contributed by atoms with Crippen molar-refractivity contribution < 1.29 is 19.2 Å². The predicted molar refractivity (Wildman–Crippen MR) is 76.0 cm³/mol. The van der Waals surface area contributed by atoms with Crippen LogP contribution in [0.15, 0.2) is 10.6 Å². The molecule has 116 valence electrons. The predicted octanol–water partition coefficient (Wildman–Crippen LogP) is 1.64. The van der Waals surface area contributed by atoms with Gasteiger partial charge in [0.15, 0.2) is 0 Å². The molecule has 1 amide bonds. The van der Waals surface area contributed by atoms with Crippen LogP contribution in [0.2, 0.25) is 0 Å². The van der Waals surface area contributed by atoms with Gasteiger partial charge >= 0.3 is 5.97 Å². The molecule has 0 aromatic carbocycles. The molecule has 2 rings (SSSR count). The van der Waals surface area contributed by atoms with Gasteiger partial charge in [0.05, 0.1) is 12.2 Å². The van der Waals surface area contributed by atoms with E-state index < -0.39 is 11.5 Å². The largest absolute Gasteiger partial charge is 0.480 e. The molecule has 7 heteroatoms. The normalized spacial score (nSPS) is 22.4. The first kappa shape index (κ1) is 15.5. The van der Waals surface area contributed by atoms with Crippen LogP contribution in [0.4, 0.5) is 5.88 Å². The van der Waals surface area contributed by atoms with Crippen molar-refractivity contribution in [2.45, 2.75) is 45.1 Å². The smallest absolute Gasteiger partial charge is 0.324 e. The van der Waals surface area contributed by atoms with Gasteiger partial charge in [0, 0.05) is 6.07 Å². The summed E-state index contributed by atoms with van der Waals surface area (Å²) in [6, 6.07) is 1.62. The molecular formula is C14H21N3O4. The highest BCUT2D eigenvalue weighted by atomic mass is 16.5. The molecule has 2 heterocycles. The summed E-state index contributed by atoms with van der Waals surface area (Å²) in [5.74, 6) is -0.840. The number of hydrogen-bond acceptors (Lipinski definition) is 5. The summed E-state index contributed by atoms with van der Waals surface area (Å²) in [6.07, 6.45) is 2.70. The topological polar surface area (TPSA) is 95.7 Å². The first-order valence-corrected chi connectivity index (χ1v) is 7.19. The quantitative estimate of drug-likeness (QED) is 0.828. The van der Waals surface area contributed by atoms with Crippen LogP contribution < -0.4 is 5.32 Å². The molecule has 1 fully saturated rings. The Labute approximate surface area is 123 Å². The van der Waals surface area contributed by atoms with Crippen molar-refractivity contribution in [3.05, 3.63) is 11.8 Å². The van der Waals surface area contributed by atoms with Gasteiger partial charge in [-0.05, 0) is 32.7 Å². The number of aryl methyl sites for hydroxylation is 1. The van der Waals surface area contributed by atoms with Gasteiger partial charge in [-0.1, -0.05) is 18.5 Å². The van der Waals surface area contributed by atoms with E-state index in [1.54, 1.807) is 17.9 Å². The van der Waals surface area contributed by atoms with Crippen molar-refractivity contribution in [3.63, 3.8) is 0 Å². The Morgan fingerprint density at radius 1 is 1.57 bits per heavy atom. The number of rotatable bonds is 6. The third-order valence-electron chi connectivity index (χ3n) is 3.91. The zero-order valence-electron chi connectivity index (χ0n) is 12.4. The molecule has 0 bridgehead atoms. The Bertz CT molecular complexity index is 528. The number of aromatic nitrogens is 1. The summed E-state index contributed by atoms with van der Waals surface area (Å²) in [7, 11) is 0. The second-order valence-corrected chi connectivity index (χ2v) is 5.49. The van der Waals surface area contributed by atoms with Crippen LogP contribution in [-0.2, 0) is 9.59 Å². The molecule has 1 unspecified atom stereocenters. The highest BCUT2D eigenvalue weighted by Gasteiger charge is 2.47. The summed E-state index contributed by atoms with van der Waals surface area (Å²) < 4.78 is 4.93. The number of aliphatic carboxylic acids is 1. The third kappa shape index (κ3) is 3.24. The Hall–Kier alpha value is -1.89. The number of carboxylic acids is 1. The molecule has 1 aliphatic heterocycles. The monoisotopic (exact) mass is 295 g/mol. The van der Waals surface area contributed by atoms with Gasteiger partial charge in [-0.3, -0.25) is 19.8 Å². The van der Waals surface area contributed by atoms with Crippen LogP contribution in [0.25, 0.3) is 0 Å². The molecular weight excluding hydrogens is 274 g/mol. The molecule has 21 heavy (non-hydrogen) atoms. The number of carbonyl (C=O) groups excluding carboxylic acids is 1. The third-order valence-corrected chi connectivity index (χ3v) is 3.91. The van der Waals surface area contributed by atoms with Crippen molar-refractivity contribution in [1.82, 2.24) is 10.1 Å². The Morgan fingerprint density at radius 3 is 2.90 bits per heavy atom. The van der Waals surface area contributed by atoms with Crippen molar-refractivity contribution in [2.75, 3.05) is 18.4 Å². The van der Waals surface area contributed by atoms with Gasteiger partial charge < -0.3 is 9.63 Å². The van der Waals surface area contributed by atoms with E-state index in [9.17, 15) is 14.7 Å². The summed E-state index contributed by atoms with van der Waals surface area (Å²) >= 11 is 0. The van der Waals surface area contributed by atoms with Crippen LogP contribution in [0.1, 0.15) is 38.3 Å². The first-order valence-electron chi connectivity index (χ1n) is 7.19. The number of likely N-dealkylation sites (tertiary alicyclic amines) is 1. The molecule has 1 atom stereocenters. The fraction of sp³-hybridized carbons (Fsp3) is 0.643. The lowest BCUT2D eigenvalue weighted by molar-refractivity contribution is -0.150. The maximum atomic E-state index is 12.1. The Kier molecular flexibility index (Phi) is 4.62. The number of hydrogen-bond donors (Lipinski definition) is 2. The molecule has 2 N–H and O–H groups in total.